The van der Waals surface area contributed by atoms with Gasteiger partial charge in [-0.3, -0.25) is 9.59 Å². The van der Waals surface area contributed by atoms with Crippen LogP contribution in [0.4, 0.5) is 10.1 Å². The Hall–Kier alpha value is -1.91. The van der Waals surface area contributed by atoms with Gasteiger partial charge in [-0.05, 0) is 37.1 Å². The number of amides is 1. The van der Waals surface area contributed by atoms with Gasteiger partial charge in [-0.15, -0.1) is 0 Å². The summed E-state index contributed by atoms with van der Waals surface area (Å²) in [5.74, 6) is -2.70. The Kier molecular flexibility index (Phi) is 3.60. The molecule has 1 saturated carbocycles. The molecule has 0 bridgehead atoms. The van der Waals surface area contributed by atoms with Crippen LogP contribution in [-0.4, -0.2) is 17.0 Å². The Bertz CT molecular complexity index is 458. The average Bonchev–Trinajstić information content (AvgIpc) is 2.81. The number of carbonyl (C=O) groups excluding carboxylic acids is 1. The maximum Gasteiger partial charge on any atom is 0.307 e. The number of halogens is 1. The molecular formula is C13H14FNO3. The summed E-state index contributed by atoms with van der Waals surface area (Å²) in [6.45, 7) is 0. The first-order valence-corrected chi connectivity index (χ1v) is 5.87. The highest BCUT2D eigenvalue weighted by Gasteiger charge is 2.37. The molecule has 0 saturated heterocycles. The minimum absolute atomic E-state index is 0.300. The molecule has 0 radical (unpaired) electrons. The molecule has 5 heteroatoms. The van der Waals surface area contributed by atoms with Gasteiger partial charge in [0.05, 0.1) is 11.8 Å². The number of carboxylic acids is 1. The van der Waals surface area contributed by atoms with E-state index in [4.69, 9.17) is 5.11 Å². The van der Waals surface area contributed by atoms with Gasteiger partial charge in [-0.2, -0.15) is 0 Å². The largest absolute Gasteiger partial charge is 0.481 e. The Morgan fingerprint density at radius 2 is 1.78 bits per heavy atom. The van der Waals surface area contributed by atoms with Crippen molar-refractivity contribution in [3.05, 3.63) is 30.1 Å². The molecule has 0 aromatic heterocycles. The van der Waals surface area contributed by atoms with E-state index in [0.29, 0.717) is 18.5 Å². The van der Waals surface area contributed by atoms with E-state index in [1.54, 1.807) is 0 Å². The summed E-state index contributed by atoms with van der Waals surface area (Å²) in [6, 6.07) is 5.41. The third-order valence-corrected chi connectivity index (χ3v) is 3.28. The first-order chi connectivity index (χ1) is 8.58. The summed E-state index contributed by atoms with van der Waals surface area (Å²) < 4.78 is 12.7. The van der Waals surface area contributed by atoms with Gasteiger partial charge in [0, 0.05) is 5.69 Å². The number of nitrogens with one attached hydrogen (secondary N) is 1. The van der Waals surface area contributed by atoms with E-state index in [0.717, 1.165) is 6.42 Å². The SMILES string of the molecule is O=C(O)C1CCCC1C(=O)Nc1ccc(F)cc1. The second-order valence-electron chi connectivity index (χ2n) is 4.48. The van der Waals surface area contributed by atoms with Gasteiger partial charge in [0.25, 0.3) is 0 Å². The van der Waals surface area contributed by atoms with Crippen LogP contribution in [-0.2, 0) is 9.59 Å². The number of carboxylic acid groups (broad SMARTS) is 1. The van der Waals surface area contributed by atoms with Crippen molar-refractivity contribution in [2.45, 2.75) is 19.3 Å². The van der Waals surface area contributed by atoms with Crippen LogP contribution < -0.4 is 5.32 Å². The minimum atomic E-state index is -0.924. The van der Waals surface area contributed by atoms with Gasteiger partial charge in [-0.1, -0.05) is 6.42 Å². The predicted octanol–water partition coefficient (Wildman–Crippen LogP) is 2.27. The van der Waals surface area contributed by atoms with Gasteiger partial charge in [-0.25, -0.2) is 4.39 Å². The van der Waals surface area contributed by atoms with Crippen molar-refractivity contribution >= 4 is 17.6 Å². The molecule has 96 valence electrons. The number of benzene rings is 1. The number of aliphatic carboxylic acids is 1. The maximum absolute atomic E-state index is 12.7. The van der Waals surface area contributed by atoms with E-state index in [1.165, 1.54) is 24.3 Å². The molecule has 18 heavy (non-hydrogen) atoms. The van der Waals surface area contributed by atoms with Crippen molar-refractivity contribution in [2.75, 3.05) is 5.32 Å². The van der Waals surface area contributed by atoms with Crippen LogP contribution >= 0.6 is 0 Å². The third kappa shape index (κ3) is 2.67. The Morgan fingerprint density at radius 1 is 1.17 bits per heavy atom. The Balaban J connectivity index is 2.03. The summed E-state index contributed by atoms with van der Waals surface area (Å²) in [7, 11) is 0. The molecule has 2 rings (SSSR count). The van der Waals surface area contributed by atoms with E-state index >= 15 is 0 Å². The number of anilines is 1. The fraction of sp³-hybridized carbons (Fsp3) is 0.385. The predicted molar refractivity (Wildman–Crippen MR) is 63.5 cm³/mol. The number of rotatable bonds is 3. The lowest BCUT2D eigenvalue weighted by atomic mass is 9.95. The van der Waals surface area contributed by atoms with E-state index in [9.17, 15) is 14.0 Å². The maximum atomic E-state index is 12.7. The summed E-state index contributed by atoms with van der Waals surface area (Å²) >= 11 is 0. The molecule has 4 nitrogen and oxygen atoms in total. The fourth-order valence-corrected chi connectivity index (χ4v) is 2.34. The smallest absolute Gasteiger partial charge is 0.307 e. The molecule has 1 amide bonds. The van der Waals surface area contributed by atoms with E-state index in [2.05, 4.69) is 5.32 Å². The van der Waals surface area contributed by atoms with Gasteiger partial charge < -0.3 is 10.4 Å². The standard InChI is InChI=1S/C13H14FNO3/c14-8-4-6-9(7-5-8)15-12(16)10-2-1-3-11(10)13(17)18/h4-7,10-11H,1-3H2,(H,15,16)(H,17,18). The normalized spacial score (nSPS) is 22.7. The first kappa shape index (κ1) is 12.5. The zero-order chi connectivity index (χ0) is 13.1. The molecule has 1 aromatic carbocycles. The van der Waals surface area contributed by atoms with Crippen molar-refractivity contribution < 1.29 is 19.1 Å². The van der Waals surface area contributed by atoms with Crippen molar-refractivity contribution in [1.29, 1.82) is 0 Å². The monoisotopic (exact) mass is 251 g/mol. The molecule has 1 aromatic rings. The molecule has 1 fully saturated rings. The highest BCUT2D eigenvalue weighted by Crippen LogP contribution is 2.32. The van der Waals surface area contributed by atoms with Crippen LogP contribution in [0.15, 0.2) is 24.3 Å². The quantitative estimate of drug-likeness (QED) is 0.866. The van der Waals surface area contributed by atoms with Gasteiger partial charge in [0.1, 0.15) is 5.82 Å². The number of carbonyl (C=O) groups is 2. The molecule has 2 N–H and O–H groups in total. The molecular weight excluding hydrogens is 237 g/mol. The van der Waals surface area contributed by atoms with Crippen LogP contribution in [0.25, 0.3) is 0 Å². The summed E-state index contributed by atoms with van der Waals surface area (Å²) in [4.78, 5) is 22.9. The van der Waals surface area contributed by atoms with E-state index < -0.39 is 17.8 Å². The second-order valence-corrected chi connectivity index (χ2v) is 4.48. The number of hydrogen-bond acceptors (Lipinski definition) is 2. The van der Waals surface area contributed by atoms with Crippen LogP contribution in [0.3, 0.4) is 0 Å². The Labute approximate surface area is 104 Å². The first-order valence-electron chi connectivity index (χ1n) is 5.87. The molecule has 0 spiro atoms. The van der Waals surface area contributed by atoms with Crippen molar-refractivity contribution in [2.24, 2.45) is 11.8 Å². The third-order valence-electron chi connectivity index (χ3n) is 3.28. The van der Waals surface area contributed by atoms with Gasteiger partial charge in [0.2, 0.25) is 5.91 Å². The Morgan fingerprint density at radius 3 is 2.39 bits per heavy atom. The van der Waals surface area contributed by atoms with Crippen molar-refractivity contribution in [3.63, 3.8) is 0 Å². The molecule has 0 heterocycles. The molecule has 0 aliphatic heterocycles. The van der Waals surface area contributed by atoms with Gasteiger partial charge in [0.15, 0.2) is 0 Å². The fourth-order valence-electron chi connectivity index (χ4n) is 2.34. The summed E-state index contributed by atoms with van der Waals surface area (Å²) in [5, 5.41) is 11.6. The van der Waals surface area contributed by atoms with Crippen LogP contribution in [0, 0.1) is 17.7 Å². The topological polar surface area (TPSA) is 66.4 Å². The zero-order valence-electron chi connectivity index (χ0n) is 9.73. The molecule has 1 aliphatic carbocycles. The second kappa shape index (κ2) is 5.16. The summed E-state index contributed by atoms with van der Waals surface area (Å²) in [5.41, 5.74) is 0.484. The van der Waals surface area contributed by atoms with Gasteiger partial charge >= 0.3 is 5.97 Å². The molecule has 2 unspecified atom stereocenters. The lowest BCUT2D eigenvalue weighted by molar-refractivity contribution is -0.145. The van der Waals surface area contributed by atoms with Crippen molar-refractivity contribution in [1.82, 2.24) is 0 Å². The lowest BCUT2D eigenvalue weighted by Crippen LogP contribution is -2.29. The van der Waals surface area contributed by atoms with Crippen LogP contribution in [0.2, 0.25) is 0 Å². The minimum Gasteiger partial charge on any atom is -0.481 e. The average molecular weight is 251 g/mol. The lowest BCUT2D eigenvalue weighted by Gasteiger charge is -2.15. The zero-order valence-corrected chi connectivity index (χ0v) is 9.73. The highest BCUT2D eigenvalue weighted by molar-refractivity contribution is 5.95. The van der Waals surface area contributed by atoms with Crippen molar-refractivity contribution in [3.8, 4) is 0 Å². The molecule has 2 atom stereocenters. The van der Waals surface area contributed by atoms with E-state index in [-0.39, 0.29) is 11.7 Å². The summed E-state index contributed by atoms with van der Waals surface area (Å²) in [6.07, 6.45) is 1.87. The number of hydrogen-bond donors (Lipinski definition) is 2. The van der Waals surface area contributed by atoms with Crippen LogP contribution in [0.1, 0.15) is 19.3 Å². The van der Waals surface area contributed by atoms with E-state index in [1.807, 2.05) is 0 Å². The molecule has 1 aliphatic rings. The van der Waals surface area contributed by atoms with Crippen LogP contribution in [0.5, 0.6) is 0 Å². The highest BCUT2D eigenvalue weighted by atomic mass is 19.1.